The van der Waals surface area contributed by atoms with Crippen LogP contribution in [-0.4, -0.2) is 56.0 Å². The molecule has 0 saturated heterocycles. The summed E-state index contributed by atoms with van der Waals surface area (Å²) in [6, 6.07) is 22.5. The maximum atomic E-state index is 10.7. The summed E-state index contributed by atoms with van der Waals surface area (Å²) >= 11 is 0. The third-order valence-corrected chi connectivity index (χ3v) is 6.47. The van der Waals surface area contributed by atoms with Crippen LogP contribution in [0.4, 0.5) is 0 Å². The van der Waals surface area contributed by atoms with Gasteiger partial charge in [-0.2, -0.15) is 0 Å². The molecule has 1 unspecified atom stereocenters. The summed E-state index contributed by atoms with van der Waals surface area (Å²) in [5.74, 6) is 2.26. The first kappa shape index (κ1) is 35.2. The molecular formula is C36H40N6O4. The van der Waals surface area contributed by atoms with Crippen molar-refractivity contribution < 1.29 is 19.6 Å². The number of hydrogen-bond acceptors (Lipinski definition) is 10. The van der Waals surface area contributed by atoms with E-state index in [4.69, 9.17) is 16.1 Å². The molecule has 4 rings (SSSR count). The Morgan fingerprint density at radius 3 is 1.78 bits per heavy atom. The fourth-order valence-electron chi connectivity index (χ4n) is 4.08. The second-order valence-corrected chi connectivity index (χ2v) is 10.3. The smallest absolute Gasteiger partial charge is 0.168 e. The molecular weight excluding hydrogens is 580 g/mol. The van der Waals surface area contributed by atoms with Gasteiger partial charge >= 0.3 is 0 Å². The number of rotatable bonds is 14. The molecule has 0 fully saturated rings. The van der Waals surface area contributed by atoms with Crippen LogP contribution in [0.5, 0.6) is 0 Å². The number of carbonyl (C=O) groups is 1. The third kappa shape index (κ3) is 12.4. The van der Waals surface area contributed by atoms with Gasteiger partial charge in [-0.3, -0.25) is 24.7 Å². The lowest BCUT2D eigenvalue weighted by molar-refractivity contribution is 0.111. The largest absolute Gasteiger partial charge is 0.396 e. The molecule has 0 aliphatic heterocycles. The van der Waals surface area contributed by atoms with E-state index in [1.807, 2.05) is 88.4 Å². The van der Waals surface area contributed by atoms with Gasteiger partial charge in [0.05, 0.1) is 17.1 Å². The second kappa shape index (κ2) is 19.2. The summed E-state index contributed by atoms with van der Waals surface area (Å²) in [4.78, 5) is 38.7. The summed E-state index contributed by atoms with van der Waals surface area (Å²) in [5, 5.41) is 17.8. The molecule has 0 bridgehead atoms. The highest BCUT2D eigenvalue weighted by molar-refractivity contribution is 5.96. The van der Waals surface area contributed by atoms with Crippen molar-refractivity contribution in [1.29, 1.82) is 0 Å². The molecule has 10 heteroatoms. The molecule has 0 aromatic carbocycles. The van der Waals surface area contributed by atoms with Gasteiger partial charge in [0.15, 0.2) is 12.4 Å². The van der Waals surface area contributed by atoms with Gasteiger partial charge in [0.2, 0.25) is 0 Å². The van der Waals surface area contributed by atoms with Crippen LogP contribution in [0, 0.1) is 26.2 Å². The zero-order valence-electron chi connectivity index (χ0n) is 26.8. The van der Waals surface area contributed by atoms with Gasteiger partial charge in [0, 0.05) is 22.8 Å². The number of aldehydes is 1. The summed E-state index contributed by atoms with van der Waals surface area (Å²) in [6.45, 7) is 8.60. The van der Waals surface area contributed by atoms with E-state index in [9.17, 15) is 9.90 Å². The van der Waals surface area contributed by atoms with Crippen molar-refractivity contribution in [1.82, 2.24) is 19.9 Å². The average molecular weight is 621 g/mol. The van der Waals surface area contributed by atoms with E-state index >= 15 is 0 Å². The molecule has 10 nitrogen and oxygen atoms in total. The minimum absolute atomic E-state index is 0.456. The topological polar surface area (TPSA) is 132 Å². The number of aromatic nitrogens is 4. The van der Waals surface area contributed by atoms with Gasteiger partial charge in [-0.25, -0.2) is 0 Å². The van der Waals surface area contributed by atoms with Crippen LogP contribution in [0.3, 0.4) is 0 Å². The molecule has 4 aromatic heterocycles. The van der Waals surface area contributed by atoms with E-state index in [0.29, 0.717) is 24.6 Å². The lowest BCUT2D eigenvalue weighted by Gasteiger charge is -2.06. The highest BCUT2D eigenvalue weighted by Crippen LogP contribution is 2.11. The second-order valence-electron chi connectivity index (χ2n) is 10.3. The van der Waals surface area contributed by atoms with E-state index in [1.54, 1.807) is 12.1 Å². The van der Waals surface area contributed by atoms with Crippen molar-refractivity contribution in [2.24, 2.45) is 10.3 Å². The van der Waals surface area contributed by atoms with Crippen LogP contribution in [0.1, 0.15) is 83.1 Å². The summed E-state index contributed by atoms with van der Waals surface area (Å²) < 4.78 is 0. The van der Waals surface area contributed by atoms with Crippen molar-refractivity contribution in [3.05, 3.63) is 118 Å². The zero-order valence-corrected chi connectivity index (χ0v) is 26.8. The van der Waals surface area contributed by atoms with Gasteiger partial charge in [-0.1, -0.05) is 40.5 Å². The number of oxime groups is 2. The highest BCUT2D eigenvalue weighted by atomic mass is 16.6. The number of pyridine rings is 4. The Bertz CT molecular complexity index is 1660. The molecule has 0 spiro atoms. The summed E-state index contributed by atoms with van der Waals surface area (Å²) in [6.07, 6.45) is 8.01. The lowest BCUT2D eigenvalue weighted by atomic mass is 10.2. The average Bonchev–Trinajstić information content (AvgIpc) is 3.08. The number of carbonyl (C=O) groups excluding carboxylic acids is 1. The predicted molar refractivity (Wildman–Crippen MR) is 179 cm³/mol. The molecule has 0 aliphatic rings. The lowest BCUT2D eigenvalue weighted by Crippen LogP contribution is -2.03. The first-order valence-electron chi connectivity index (χ1n) is 15.0. The minimum Gasteiger partial charge on any atom is -0.396 e. The van der Waals surface area contributed by atoms with Gasteiger partial charge in [0.1, 0.15) is 30.3 Å². The zero-order chi connectivity index (χ0) is 33.1. The van der Waals surface area contributed by atoms with E-state index in [0.717, 1.165) is 77.6 Å². The van der Waals surface area contributed by atoms with Crippen molar-refractivity contribution in [3.63, 3.8) is 0 Å². The molecule has 238 valence electrons. The van der Waals surface area contributed by atoms with Gasteiger partial charge in [-0.05, 0) is 102 Å². The monoisotopic (exact) mass is 620 g/mol. The Hall–Kier alpha value is -5.27. The highest BCUT2D eigenvalue weighted by Gasteiger charge is 2.06. The maximum absolute atomic E-state index is 10.7. The van der Waals surface area contributed by atoms with Gasteiger partial charge in [0.25, 0.3) is 0 Å². The van der Waals surface area contributed by atoms with Crippen LogP contribution < -0.4 is 0 Å². The maximum Gasteiger partial charge on any atom is 0.168 e. The number of aryl methyl sites for hydroxylation is 4. The van der Waals surface area contributed by atoms with Crippen molar-refractivity contribution in [3.8, 4) is 12.3 Å². The molecule has 0 saturated carbocycles. The number of hydrogen-bond donors (Lipinski definition) is 1. The van der Waals surface area contributed by atoms with Crippen LogP contribution in [0.25, 0.3) is 0 Å². The molecule has 1 atom stereocenters. The van der Waals surface area contributed by atoms with E-state index < -0.39 is 6.10 Å². The Labute approximate surface area is 270 Å². The molecule has 46 heavy (non-hydrogen) atoms. The Morgan fingerprint density at radius 1 is 0.783 bits per heavy atom. The van der Waals surface area contributed by atoms with E-state index in [-0.39, 0.29) is 0 Å². The van der Waals surface area contributed by atoms with Crippen LogP contribution >= 0.6 is 0 Å². The van der Waals surface area contributed by atoms with E-state index in [1.165, 1.54) is 0 Å². The molecule has 0 radical (unpaired) electrons. The van der Waals surface area contributed by atoms with Crippen LogP contribution in [0.2, 0.25) is 0 Å². The van der Waals surface area contributed by atoms with Gasteiger partial charge in [-0.15, -0.1) is 6.42 Å². The summed E-state index contributed by atoms with van der Waals surface area (Å²) in [7, 11) is 0. The molecule has 4 aromatic rings. The quantitative estimate of drug-likeness (QED) is 0.0616. The standard InChI is InChI=1S/C19H21N3O2.C17H19N3O2/c1-4-19(23)18-12-6-9-16(21-18)10-7-13-24-22-15(3)17-11-5-8-14(2)20-17;1-13-6-3-10-17(18-13)14(2)20-22-11-5-9-15-7-4-8-16(12-21)19-15/h1,5-6,8-9,11-12,19,23H,7,10,13H2,2-3H3;3-4,6-8,10,12H,5,9,11H2,1-2H3/b22-15+;20-14+. The van der Waals surface area contributed by atoms with Crippen molar-refractivity contribution >= 4 is 17.7 Å². The summed E-state index contributed by atoms with van der Waals surface area (Å²) in [5.41, 5.74) is 7.73. The molecule has 4 heterocycles. The number of terminal acetylenes is 1. The first-order chi connectivity index (χ1) is 22.3. The fraction of sp³-hybridized carbons (Fsp3) is 0.306. The van der Waals surface area contributed by atoms with Gasteiger partial charge < -0.3 is 14.8 Å². The van der Waals surface area contributed by atoms with Crippen molar-refractivity contribution in [2.45, 2.75) is 59.5 Å². The molecule has 1 N–H and O–H groups in total. The Kier molecular flexibility index (Phi) is 14.7. The minimum atomic E-state index is -0.963. The number of nitrogens with zero attached hydrogens (tertiary/aromatic N) is 6. The number of aliphatic hydroxyl groups excluding tert-OH is 1. The molecule has 0 amide bonds. The third-order valence-electron chi connectivity index (χ3n) is 6.47. The fourth-order valence-corrected chi connectivity index (χ4v) is 4.08. The Balaban J connectivity index is 0.000000251. The Morgan fingerprint density at radius 2 is 1.28 bits per heavy atom. The van der Waals surface area contributed by atoms with Crippen LogP contribution in [-0.2, 0) is 22.5 Å². The molecule has 0 aliphatic carbocycles. The first-order valence-corrected chi connectivity index (χ1v) is 15.0. The van der Waals surface area contributed by atoms with E-state index in [2.05, 4.69) is 36.2 Å². The van der Waals surface area contributed by atoms with Crippen molar-refractivity contribution in [2.75, 3.05) is 13.2 Å². The van der Waals surface area contributed by atoms with Crippen LogP contribution in [0.15, 0.2) is 83.1 Å². The SMILES string of the molecule is C#CC(O)c1cccc(CCCO/N=C(\C)c2cccc(C)n2)n1.C/C(=N\OCCCc1cccc(C=O)n1)c1cccc(C)n1. The predicted octanol–water partition coefficient (Wildman–Crippen LogP) is 5.80. The normalized spacial score (nSPS) is 11.9. The number of aliphatic hydroxyl groups is 1.